The minimum atomic E-state index is -0.493. The van der Waals surface area contributed by atoms with Crippen molar-refractivity contribution in [3.05, 3.63) is 6.42 Å². The van der Waals surface area contributed by atoms with Gasteiger partial charge in [-0.3, -0.25) is 5.73 Å². The van der Waals surface area contributed by atoms with Gasteiger partial charge in [-0.05, 0) is 20.8 Å². The first-order valence-electron chi connectivity index (χ1n) is 5.04. The second-order valence-electron chi connectivity index (χ2n) is 4.60. The standard InChI is InChI=1S/C10H18N2O3/c1-10(2,3)15-9(13)12-8-6-14-5-4-7(8)11/h4,7-8H,5-6,11H2,1-3H3/p+1/t7-,8+/m1/s1. The van der Waals surface area contributed by atoms with E-state index < -0.39 is 11.7 Å². The summed E-state index contributed by atoms with van der Waals surface area (Å²) in [5, 5.41) is 2.68. The summed E-state index contributed by atoms with van der Waals surface area (Å²) in [7, 11) is 0. The second kappa shape index (κ2) is 4.72. The van der Waals surface area contributed by atoms with Crippen molar-refractivity contribution in [3.63, 3.8) is 0 Å². The maximum atomic E-state index is 11.4. The molecule has 0 aliphatic carbocycles. The third kappa shape index (κ3) is 4.40. The predicted molar refractivity (Wildman–Crippen MR) is 56.3 cm³/mol. The van der Waals surface area contributed by atoms with Gasteiger partial charge in [0.15, 0.2) is 12.6 Å². The monoisotopic (exact) mass is 215 g/mol. The molecule has 1 amide bonds. The number of nitrogens with one attached hydrogen (secondary N) is 1. The Hall–Kier alpha value is -0.940. The quantitative estimate of drug-likeness (QED) is 0.622. The highest BCUT2D eigenvalue weighted by molar-refractivity contribution is 5.68. The highest BCUT2D eigenvalue weighted by Gasteiger charge is 2.32. The van der Waals surface area contributed by atoms with E-state index in [-0.39, 0.29) is 12.1 Å². The van der Waals surface area contributed by atoms with E-state index in [1.54, 1.807) is 0 Å². The Morgan fingerprint density at radius 2 is 2.27 bits per heavy atom. The van der Waals surface area contributed by atoms with Crippen LogP contribution in [-0.4, -0.2) is 37.0 Å². The molecule has 0 unspecified atom stereocenters. The number of hydrogen-bond acceptors (Lipinski definition) is 4. The molecule has 86 valence electrons. The van der Waals surface area contributed by atoms with Gasteiger partial charge in [0.05, 0.1) is 6.61 Å². The van der Waals surface area contributed by atoms with Crippen molar-refractivity contribution >= 4 is 6.09 Å². The van der Waals surface area contributed by atoms with Crippen LogP contribution < -0.4 is 11.1 Å². The lowest BCUT2D eigenvalue weighted by molar-refractivity contribution is 0.0389. The van der Waals surface area contributed by atoms with Crippen LogP contribution in [-0.2, 0) is 9.47 Å². The average molecular weight is 215 g/mol. The van der Waals surface area contributed by atoms with E-state index in [0.717, 1.165) is 0 Å². The molecule has 0 spiro atoms. The van der Waals surface area contributed by atoms with Crippen LogP contribution in [0.5, 0.6) is 0 Å². The fourth-order valence-electron chi connectivity index (χ4n) is 1.25. The molecular formula is C10H19N2O3+. The normalized spacial score (nSPS) is 26.7. The van der Waals surface area contributed by atoms with Gasteiger partial charge in [0, 0.05) is 0 Å². The van der Waals surface area contributed by atoms with Crippen LogP contribution in [0.2, 0.25) is 0 Å². The second-order valence-corrected chi connectivity index (χ2v) is 4.60. The summed E-state index contributed by atoms with van der Waals surface area (Å²) < 4.78 is 10.3. The van der Waals surface area contributed by atoms with Gasteiger partial charge < -0.3 is 14.8 Å². The average Bonchev–Trinajstić information content (AvgIpc) is 2.05. The topological polar surface area (TPSA) is 73.6 Å². The van der Waals surface area contributed by atoms with E-state index in [4.69, 9.17) is 15.2 Å². The summed E-state index contributed by atoms with van der Waals surface area (Å²) in [6, 6.07) is -0.375. The number of carbonyl (C=O) groups excluding carboxylic acids is 1. The fourth-order valence-corrected chi connectivity index (χ4v) is 1.25. The van der Waals surface area contributed by atoms with Crippen molar-refractivity contribution in [2.24, 2.45) is 5.73 Å². The molecule has 0 saturated carbocycles. The largest absolute Gasteiger partial charge is 0.444 e. The van der Waals surface area contributed by atoms with Crippen LogP contribution in [0.15, 0.2) is 0 Å². The fraction of sp³-hybridized carbons (Fsp3) is 0.800. The molecule has 5 heteroatoms. The molecule has 1 rings (SSSR count). The van der Waals surface area contributed by atoms with Gasteiger partial charge in [0.1, 0.15) is 18.1 Å². The molecular weight excluding hydrogens is 196 g/mol. The first kappa shape index (κ1) is 12.1. The maximum absolute atomic E-state index is 11.4. The molecule has 1 aliphatic rings. The predicted octanol–water partition coefficient (Wildman–Crippen LogP) is 0.441. The molecule has 1 heterocycles. The molecule has 0 bridgehead atoms. The van der Waals surface area contributed by atoms with Crippen molar-refractivity contribution in [2.75, 3.05) is 13.2 Å². The molecule has 0 aromatic heterocycles. The van der Waals surface area contributed by atoms with Crippen LogP contribution >= 0.6 is 0 Å². The number of carbonyl (C=O) groups is 1. The molecule has 2 atom stereocenters. The molecule has 0 aromatic rings. The van der Waals surface area contributed by atoms with Gasteiger partial charge in [0.2, 0.25) is 0 Å². The van der Waals surface area contributed by atoms with Crippen LogP contribution in [0.1, 0.15) is 20.8 Å². The number of rotatable bonds is 1. The Labute approximate surface area is 90.3 Å². The Morgan fingerprint density at radius 1 is 1.60 bits per heavy atom. The summed E-state index contributed by atoms with van der Waals surface area (Å²) in [6.07, 6.45) is 1.37. The Kier molecular flexibility index (Phi) is 3.82. The maximum Gasteiger partial charge on any atom is 0.408 e. The first-order chi connectivity index (χ1) is 6.88. The van der Waals surface area contributed by atoms with Gasteiger partial charge in [-0.2, -0.15) is 0 Å². The zero-order chi connectivity index (χ0) is 11.5. The van der Waals surface area contributed by atoms with Crippen molar-refractivity contribution in [2.45, 2.75) is 38.5 Å². The number of amides is 1. The van der Waals surface area contributed by atoms with Gasteiger partial charge in [0.25, 0.3) is 0 Å². The van der Waals surface area contributed by atoms with Crippen LogP contribution in [0.25, 0.3) is 0 Å². The van der Waals surface area contributed by atoms with Gasteiger partial charge in [-0.25, -0.2) is 4.79 Å². The summed E-state index contributed by atoms with van der Waals surface area (Å²) in [5.74, 6) is 0. The number of hydrogen-bond donors (Lipinski definition) is 2. The van der Waals surface area contributed by atoms with Crippen molar-refractivity contribution in [1.29, 1.82) is 0 Å². The molecule has 15 heavy (non-hydrogen) atoms. The lowest BCUT2D eigenvalue weighted by Crippen LogP contribution is -2.54. The van der Waals surface area contributed by atoms with Gasteiger partial charge in [-0.1, -0.05) is 0 Å². The molecule has 1 aliphatic heterocycles. The summed E-state index contributed by atoms with van der Waals surface area (Å²) >= 11 is 0. The Bertz CT molecular complexity index is 225. The Balaban J connectivity index is 2.36. The molecule has 0 radical (unpaired) electrons. The summed E-state index contributed by atoms with van der Waals surface area (Å²) in [5.41, 5.74) is 5.29. The summed E-state index contributed by atoms with van der Waals surface area (Å²) in [4.78, 5) is 11.4. The van der Waals surface area contributed by atoms with E-state index in [9.17, 15) is 4.79 Å². The third-order valence-corrected chi connectivity index (χ3v) is 1.95. The van der Waals surface area contributed by atoms with E-state index in [1.807, 2.05) is 27.2 Å². The Morgan fingerprint density at radius 3 is 2.80 bits per heavy atom. The molecule has 1 saturated heterocycles. The van der Waals surface area contributed by atoms with E-state index in [0.29, 0.717) is 13.2 Å². The molecule has 1 fully saturated rings. The van der Waals surface area contributed by atoms with E-state index in [1.165, 1.54) is 0 Å². The van der Waals surface area contributed by atoms with Crippen LogP contribution in [0, 0.1) is 6.42 Å². The van der Waals surface area contributed by atoms with Crippen molar-refractivity contribution < 1.29 is 14.3 Å². The lowest BCUT2D eigenvalue weighted by Gasteiger charge is -2.26. The van der Waals surface area contributed by atoms with Crippen molar-refractivity contribution in [1.82, 2.24) is 5.32 Å². The van der Waals surface area contributed by atoms with E-state index in [2.05, 4.69) is 5.32 Å². The highest BCUT2D eigenvalue weighted by Crippen LogP contribution is 2.09. The van der Waals surface area contributed by atoms with Crippen LogP contribution in [0.3, 0.4) is 0 Å². The molecule has 0 aromatic carbocycles. The van der Waals surface area contributed by atoms with Crippen LogP contribution in [0.4, 0.5) is 4.79 Å². The number of alkyl carbamates (subject to hydrolysis) is 1. The minimum Gasteiger partial charge on any atom is -0.444 e. The minimum absolute atomic E-state index is 0.175. The lowest BCUT2D eigenvalue weighted by atomic mass is 10.1. The zero-order valence-electron chi connectivity index (χ0n) is 9.45. The van der Waals surface area contributed by atoms with Crippen molar-refractivity contribution in [3.8, 4) is 0 Å². The summed E-state index contributed by atoms with van der Waals surface area (Å²) in [6.45, 7) is 6.41. The first-order valence-corrected chi connectivity index (χ1v) is 5.04. The number of nitrogens with two attached hydrogens (primary N) is 1. The third-order valence-electron chi connectivity index (χ3n) is 1.95. The SMILES string of the molecule is CC(C)(C)OC(=O)N[C@H]1COC[CH+][C@H]1N. The highest BCUT2D eigenvalue weighted by atomic mass is 16.6. The van der Waals surface area contributed by atoms with Gasteiger partial charge in [-0.15, -0.1) is 0 Å². The zero-order valence-corrected chi connectivity index (χ0v) is 9.45. The molecule has 5 nitrogen and oxygen atoms in total. The van der Waals surface area contributed by atoms with E-state index >= 15 is 0 Å². The molecule has 3 N–H and O–H groups in total. The smallest absolute Gasteiger partial charge is 0.408 e. The number of ether oxygens (including phenoxy) is 2. The van der Waals surface area contributed by atoms with Gasteiger partial charge >= 0.3 is 6.09 Å².